The number of hydrogen-bond donors (Lipinski definition) is 2. The van der Waals surface area contributed by atoms with E-state index in [1.807, 2.05) is 30.3 Å². The number of nitrogens with zero attached hydrogens (tertiary/aromatic N) is 4. The molecule has 0 fully saturated rings. The summed E-state index contributed by atoms with van der Waals surface area (Å²) in [6, 6.07) is 15.3. The SMILES string of the molecule is O=c1[nH]nc(-c2ccccc2)n1/N=C/c1cccc(N([O-])O)c1. The third-order valence-electron chi connectivity index (χ3n) is 3.10. The molecule has 23 heavy (non-hydrogen) atoms. The van der Waals surface area contributed by atoms with Gasteiger partial charge in [-0.3, -0.25) is 5.21 Å². The van der Waals surface area contributed by atoms with Crippen LogP contribution in [0.2, 0.25) is 0 Å². The van der Waals surface area contributed by atoms with Gasteiger partial charge in [0, 0.05) is 5.56 Å². The number of benzene rings is 2. The van der Waals surface area contributed by atoms with Crippen molar-refractivity contribution < 1.29 is 5.21 Å². The standard InChI is InChI=1S/C15H12N5O3/c21-15-18-17-14(12-6-2-1-3-7-12)19(15)16-10-11-5-4-8-13(9-11)20(22)23/h1-10,22H,(H,18,21)/q-1/b16-10+. The second kappa shape index (κ2) is 6.26. The molecule has 0 aliphatic rings. The van der Waals surface area contributed by atoms with Crippen molar-refractivity contribution in [1.29, 1.82) is 0 Å². The van der Waals surface area contributed by atoms with Gasteiger partial charge >= 0.3 is 5.69 Å². The molecule has 1 heterocycles. The van der Waals surface area contributed by atoms with Crippen LogP contribution in [0.25, 0.3) is 11.4 Å². The Bertz CT molecular complexity index is 883. The Labute approximate surface area is 130 Å². The molecule has 0 amide bonds. The van der Waals surface area contributed by atoms with Gasteiger partial charge in [-0.2, -0.15) is 14.9 Å². The third-order valence-corrected chi connectivity index (χ3v) is 3.10. The van der Waals surface area contributed by atoms with Gasteiger partial charge in [-0.1, -0.05) is 42.5 Å². The van der Waals surface area contributed by atoms with Gasteiger partial charge in [0.25, 0.3) is 0 Å². The zero-order valence-corrected chi connectivity index (χ0v) is 11.8. The molecule has 0 bridgehead atoms. The van der Waals surface area contributed by atoms with Gasteiger partial charge in [-0.05, 0) is 17.7 Å². The van der Waals surface area contributed by atoms with E-state index in [0.717, 1.165) is 10.2 Å². The summed E-state index contributed by atoms with van der Waals surface area (Å²) in [5, 5.41) is 29.9. The van der Waals surface area contributed by atoms with Crippen LogP contribution < -0.4 is 10.9 Å². The fourth-order valence-electron chi connectivity index (χ4n) is 2.02. The summed E-state index contributed by atoms with van der Waals surface area (Å²) in [7, 11) is 0. The molecule has 0 radical (unpaired) electrons. The maximum atomic E-state index is 11.8. The van der Waals surface area contributed by atoms with Crippen molar-refractivity contribution >= 4 is 11.9 Å². The van der Waals surface area contributed by atoms with Gasteiger partial charge in [0.05, 0.1) is 11.9 Å². The predicted molar refractivity (Wildman–Crippen MR) is 85.4 cm³/mol. The Morgan fingerprint density at radius 3 is 2.74 bits per heavy atom. The smallest absolute Gasteiger partial charge is 0.364 e. The van der Waals surface area contributed by atoms with Gasteiger partial charge in [0.1, 0.15) is 0 Å². The number of aromatic amines is 1. The van der Waals surface area contributed by atoms with E-state index >= 15 is 0 Å². The van der Waals surface area contributed by atoms with Gasteiger partial charge in [-0.25, -0.2) is 9.89 Å². The molecule has 0 atom stereocenters. The molecule has 8 heteroatoms. The molecule has 0 saturated carbocycles. The van der Waals surface area contributed by atoms with Gasteiger partial charge < -0.3 is 10.4 Å². The maximum absolute atomic E-state index is 11.8. The molecular formula is C15H12N5O3-. The first-order valence-electron chi connectivity index (χ1n) is 6.68. The van der Waals surface area contributed by atoms with Gasteiger partial charge in [0.2, 0.25) is 0 Å². The fraction of sp³-hybridized carbons (Fsp3) is 0. The Balaban J connectivity index is 1.96. The van der Waals surface area contributed by atoms with E-state index in [9.17, 15) is 10.0 Å². The molecule has 2 aromatic carbocycles. The van der Waals surface area contributed by atoms with E-state index in [1.165, 1.54) is 18.3 Å². The fourth-order valence-corrected chi connectivity index (χ4v) is 2.02. The van der Waals surface area contributed by atoms with Crippen molar-refractivity contribution in [3.05, 3.63) is 75.9 Å². The molecule has 0 aliphatic heterocycles. The van der Waals surface area contributed by atoms with Crippen LogP contribution in [0.4, 0.5) is 5.69 Å². The first-order valence-corrected chi connectivity index (χ1v) is 6.68. The lowest BCUT2D eigenvalue weighted by Gasteiger charge is -2.21. The normalized spacial score (nSPS) is 11.0. The average Bonchev–Trinajstić information content (AvgIpc) is 2.95. The number of anilines is 1. The minimum absolute atomic E-state index is 0.0665. The van der Waals surface area contributed by atoms with Crippen molar-refractivity contribution in [3.63, 3.8) is 0 Å². The number of rotatable bonds is 4. The minimum atomic E-state index is -0.483. The Hall–Kier alpha value is -3.23. The van der Waals surface area contributed by atoms with Crippen LogP contribution in [0.3, 0.4) is 0 Å². The van der Waals surface area contributed by atoms with E-state index in [2.05, 4.69) is 15.3 Å². The van der Waals surface area contributed by atoms with Crippen LogP contribution in [-0.2, 0) is 0 Å². The summed E-state index contributed by atoms with van der Waals surface area (Å²) in [5.74, 6) is 0.371. The van der Waals surface area contributed by atoms with Crippen LogP contribution in [0.1, 0.15) is 5.56 Å². The highest BCUT2D eigenvalue weighted by Gasteiger charge is 2.08. The lowest BCUT2D eigenvalue weighted by atomic mass is 10.2. The van der Waals surface area contributed by atoms with E-state index in [1.54, 1.807) is 12.1 Å². The van der Waals surface area contributed by atoms with Crippen molar-refractivity contribution in [2.24, 2.45) is 5.10 Å². The molecule has 0 aliphatic carbocycles. The topological polar surface area (TPSA) is 110 Å². The van der Waals surface area contributed by atoms with Crippen LogP contribution in [0.5, 0.6) is 0 Å². The van der Waals surface area contributed by atoms with Crippen molar-refractivity contribution in [3.8, 4) is 11.4 Å². The number of hydrogen-bond acceptors (Lipinski definition) is 6. The lowest BCUT2D eigenvalue weighted by molar-refractivity contribution is 0.296. The molecule has 0 saturated heterocycles. The third kappa shape index (κ3) is 3.18. The highest BCUT2D eigenvalue weighted by atomic mass is 16.8. The van der Waals surface area contributed by atoms with Crippen LogP contribution in [0, 0.1) is 5.21 Å². The molecule has 116 valence electrons. The maximum Gasteiger partial charge on any atom is 0.364 e. The number of nitrogens with one attached hydrogen (secondary N) is 1. The van der Waals surface area contributed by atoms with Gasteiger partial charge in [0.15, 0.2) is 5.82 Å². The Morgan fingerprint density at radius 2 is 2.00 bits per heavy atom. The zero-order chi connectivity index (χ0) is 16.2. The minimum Gasteiger partial charge on any atom is -0.733 e. The predicted octanol–water partition coefficient (Wildman–Crippen LogP) is 1.81. The summed E-state index contributed by atoms with van der Waals surface area (Å²) in [4.78, 5) is 11.8. The molecule has 0 unspecified atom stereocenters. The van der Waals surface area contributed by atoms with E-state index in [-0.39, 0.29) is 10.9 Å². The quantitative estimate of drug-likeness (QED) is 0.564. The largest absolute Gasteiger partial charge is 0.733 e. The number of H-pyrrole nitrogens is 1. The Kier molecular flexibility index (Phi) is 4.00. The zero-order valence-electron chi connectivity index (χ0n) is 11.8. The van der Waals surface area contributed by atoms with Crippen molar-refractivity contribution in [2.45, 2.75) is 0 Å². The van der Waals surface area contributed by atoms with Crippen LogP contribution in [-0.4, -0.2) is 26.3 Å². The summed E-state index contributed by atoms with van der Waals surface area (Å²) in [6.45, 7) is 0. The summed E-state index contributed by atoms with van der Waals surface area (Å²) >= 11 is 0. The van der Waals surface area contributed by atoms with Crippen LogP contribution >= 0.6 is 0 Å². The second-order valence-corrected chi connectivity index (χ2v) is 4.64. The summed E-state index contributed by atoms with van der Waals surface area (Å²) in [6.07, 6.45) is 1.40. The first-order chi connectivity index (χ1) is 11.1. The van der Waals surface area contributed by atoms with E-state index in [4.69, 9.17) is 5.21 Å². The number of aromatic nitrogens is 3. The van der Waals surface area contributed by atoms with Crippen molar-refractivity contribution in [1.82, 2.24) is 14.9 Å². The van der Waals surface area contributed by atoms with Crippen molar-refractivity contribution in [2.75, 3.05) is 5.23 Å². The van der Waals surface area contributed by atoms with Crippen LogP contribution in [0.15, 0.2) is 64.5 Å². The average molecular weight is 310 g/mol. The molecule has 8 nitrogen and oxygen atoms in total. The lowest BCUT2D eigenvalue weighted by Crippen LogP contribution is -2.13. The summed E-state index contributed by atoms with van der Waals surface area (Å²) in [5.41, 5.74) is 0.864. The van der Waals surface area contributed by atoms with Gasteiger partial charge in [-0.15, -0.1) is 0 Å². The highest BCUT2D eigenvalue weighted by molar-refractivity contribution is 5.81. The molecule has 3 rings (SSSR count). The monoisotopic (exact) mass is 310 g/mol. The molecular weight excluding hydrogens is 298 g/mol. The van der Waals surface area contributed by atoms with E-state index < -0.39 is 5.69 Å². The highest BCUT2D eigenvalue weighted by Crippen LogP contribution is 2.15. The molecule has 1 aromatic heterocycles. The molecule has 3 aromatic rings. The van der Waals surface area contributed by atoms with E-state index in [0.29, 0.717) is 11.4 Å². The molecule has 0 spiro atoms. The first kappa shape index (κ1) is 14.7. The molecule has 2 N–H and O–H groups in total. The Morgan fingerprint density at radius 1 is 1.22 bits per heavy atom. The summed E-state index contributed by atoms with van der Waals surface area (Å²) < 4.78 is 1.12. The second-order valence-electron chi connectivity index (χ2n) is 4.64.